The lowest BCUT2D eigenvalue weighted by Gasteiger charge is -2.11. The van der Waals surface area contributed by atoms with Gasteiger partial charge < -0.3 is 9.88 Å². The van der Waals surface area contributed by atoms with Crippen LogP contribution in [0.2, 0.25) is 15.1 Å². The summed E-state index contributed by atoms with van der Waals surface area (Å²) in [6.07, 6.45) is 3.65. The molecule has 9 heteroatoms. The maximum atomic E-state index is 12.8. The van der Waals surface area contributed by atoms with Crippen molar-refractivity contribution in [2.45, 2.75) is 0 Å². The smallest absolute Gasteiger partial charge is 0.254 e. The molecule has 1 N–H and O–H groups in total. The second-order valence-corrected chi connectivity index (χ2v) is 8.54. The molecule has 0 unspecified atom stereocenters. The standard InChI is InChI=1S/C24H16Cl3N5O/c1-28-24(33)18-13-17-21(14-4-6-15(25)7-5-14)32(20-9-8-16(26)12-19(20)27)30-22(17)29-23(18)31-10-2-3-11-31/h2-13H,1H3,(H,28,33). The van der Waals surface area contributed by atoms with E-state index in [0.717, 1.165) is 11.3 Å². The summed E-state index contributed by atoms with van der Waals surface area (Å²) in [5, 5.41) is 9.72. The third kappa shape index (κ3) is 3.86. The zero-order chi connectivity index (χ0) is 23.1. The van der Waals surface area contributed by atoms with Gasteiger partial charge in [-0.05, 0) is 48.5 Å². The van der Waals surface area contributed by atoms with Crippen LogP contribution in [0.5, 0.6) is 0 Å². The minimum atomic E-state index is -0.257. The lowest BCUT2D eigenvalue weighted by Crippen LogP contribution is -2.20. The van der Waals surface area contributed by atoms with E-state index in [1.807, 2.05) is 36.7 Å². The molecule has 0 saturated heterocycles. The maximum Gasteiger partial charge on any atom is 0.254 e. The first kappa shape index (κ1) is 21.5. The largest absolute Gasteiger partial charge is 0.355 e. The first-order valence-electron chi connectivity index (χ1n) is 9.97. The summed E-state index contributed by atoms with van der Waals surface area (Å²) in [6, 6.07) is 18.1. The highest BCUT2D eigenvalue weighted by Gasteiger charge is 2.22. The minimum Gasteiger partial charge on any atom is -0.355 e. The molecule has 3 heterocycles. The number of halogens is 3. The third-order valence-electron chi connectivity index (χ3n) is 5.22. The number of hydrogen-bond acceptors (Lipinski definition) is 3. The van der Waals surface area contributed by atoms with Crippen molar-refractivity contribution in [1.82, 2.24) is 24.6 Å². The number of aromatic nitrogens is 4. The van der Waals surface area contributed by atoms with Crippen LogP contribution in [0.3, 0.4) is 0 Å². The highest BCUT2D eigenvalue weighted by Crippen LogP contribution is 2.35. The molecular weight excluding hydrogens is 481 g/mol. The van der Waals surface area contributed by atoms with E-state index in [0.29, 0.717) is 43.2 Å². The molecule has 0 spiro atoms. The Kier molecular flexibility index (Phi) is 5.58. The van der Waals surface area contributed by atoms with Gasteiger partial charge in [-0.2, -0.15) is 0 Å². The van der Waals surface area contributed by atoms with Gasteiger partial charge in [0.1, 0.15) is 0 Å². The number of carbonyl (C=O) groups excluding carboxylic acids is 1. The number of hydrogen-bond donors (Lipinski definition) is 1. The van der Waals surface area contributed by atoms with Gasteiger partial charge in [0.05, 0.1) is 22.0 Å². The lowest BCUT2D eigenvalue weighted by atomic mass is 10.1. The van der Waals surface area contributed by atoms with Crippen LogP contribution in [0.15, 0.2) is 73.1 Å². The fourth-order valence-corrected chi connectivity index (χ4v) is 4.31. The average Bonchev–Trinajstić information content (AvgIpc) is 3.46. The second kappa shape index (κ2) is 8.56. The van der Waals surface area contributed by atoms with Crippen LogP contribution in [-0.4, -0.2) is 32.3 Å². The van der Waals surface area contributed by atoms with E-state index in [1.165, 1.54) is 0 Å². The van der Waals surface area contributed by atoms with Crippen LogP contribution in [-0.2, 0) is 0 Å². The van der Waals surface area contributed by atoms with Crippen molar-refractivity contribution in [3.63, 3.8) is 0 Å². The molecule has 6 nitrogen and oxygen atoms in total. The van der Waals surface area contributed by atoms with Gasteiger partial charge in [0.25, 0.3) is 5.91 Å². The van der Waals surface area contributed by atoms with E-state index in [-0.39, 0.29) is 5.91 Å². The van der Waals surface area contributed by atoms with Crippen molar-refractivity contribution in [1.29, 1.82) is 0 Å². The van der Waals surface area contributed by atoms with Crippen molar-refractivity contribution in [3.05, 3.63) is 93.7 Å². The summed E-state index contributed by atoms with van der Waals surface area (Å²) >= 11 is 18.8. The number of fused-ring (bicyclic) bond motifs is 1. The number of rotatable bonds is 4. The molecule has 0 radical (unpaired) electrons. The molecule has 5 rings (SSSR count). The summed E-state index contributed by atoms with van der Waals surface area (Å²) in [6.45, 7) is 0. The van der Waals surface area contributed by atoms with Gasteiger partial charge in [-0.25, -0.2) is 9.67 Å². The van der Waals surface area contributed by atoms with E-state index >= 15 is 0 Å². The van der Waals surface area contributed by atoms with Crippen molar-refractivity contribution >= 4 is 51.7 Å². The predicted octanol–water partition coefficient (Wildman–Crippen LogP) is 6.20. The zero-order valence-electron chi connectivity index (χ0n) is 17.3. The van der Waals surface area contributed by atoms with Crippen LogP contribution < -0.4 is 5.32 Å². The highest BCUT2D eigenvalue weighted by atomic mass is 35.5. The number of benzene rings is 2. The van der Waals surface area contributed by atoms with Gasteiger partial charge in [-0.15, -0.1) is 5.10 Å². The number of pyridine rings is 1. The van der Waals surface area contributed by atoms with Crippen molar-refractivity contribution in [2.75, 3.05) is 7.05 Å². The normalized spacial score (nSPS) is 11.2. The quantitative estimate of drug-likeness (QED) is 0.322. The Morgan fingerprint density at radius 2 is 1.64 bits per heavy atom. The zero-order valence-corrected chi connectivity index (χ0v) is 19.5. The molecule has 0 saturated carbocycles. The Bertz CT molecular complexity index is 1490. The molecule has 0 atom stereocenters. The van der Waals surface area contributed by atoms with Gasteiger partial charge in [-0.1, -0.05) is 46.9 Å². The predicted molar refractivity (Wildman–Crippen MR) is 132 cm³/mol. The fourth-order valence-electron chi connectivity index (χ4n) is 3.69. The highest BCUT2D eigenvalue weighted by molar-refractivity contribution is 6.35. The molecule has 0 fully saturated rings. The lowest BCUT2D eigenvalue weighted by molar-refractivity contribution is 0.0963. The first-order chi connectivity index (χ1) is 16.0. The molecule has 1 amide bonds. The first-order valence-corrected chi connectivity index (χ1v) is 11.1. The average molecular weight is 497 g/mol. The van der Waals surface area contributed by atoms with E-state index in [1.54, 1.807) is 52.7 Å². The second-order valence-electron chi connectivity index (χ2n) is 7.26. The molecule has 164 valence electrons. The molecular formula is C24H16Cl3N5O. The Morgan fingerprint density at radius 1 is 0.939 bits per heavy atom. The maximum absolute atomic E-state index is 12.8. The minimum absolute atomic E-state index is 0.257. The molecule has 0 aliphatic rings. The van der Waals surface area contributed by atoms with E-state index in [9.17, 15) is 4.79 Å². The van der Waals surface area contributed by atoms with E-state index < -0.39 is 0 Å². The monoisotopic (exact) mass is 495 g/mol. The van der Waals surface area contributed by atoms with Gasteiger partial charge >= 0.3 is 0 Å². The summed E-state index contributed by atoms with van der Waals surface area (Å²) in [4.78, 5) is 17.5. The fraction of sp³-hybridized carbons (Fsp3) is 0.0417. The van der Waals surface area contributed by atoms with Crippen LogP contribution in [0.1, 0.15) is 10.4 Å². The molecule has 0 aliphatic heterocycles. The van der Waals surface area contributed by atoms with Crippen LogP contribution in [0, 0.1) is 0 Å². The number of amides is 1. The SMILES string of the molecule is CNC(=O)c1cc2c(-c3ccc(Cl)cc3)n(-c3ccc(Cl)cc3Cl)nc2nc1-n1cccc1. The molecule has 5 aromatic rings. The van der Waals surface area contributed by atoms with Crippen molar-refractivity contribution in [3.8, 4) is 22.8 Å². The summed E-state index contributed by atoms with van der Waals surface area (Å²) < 4.78 is 3.49. The van der Waals surface area contributed by atoms with Crippen LogP contribution in [0.25, 0.3) is 33.8 Å². The van der Waals surface area contributed by atoms with Crippen molar-refractivity contribution < 1.29 is 4.79 Å². The molecule has 2 aromatic carbocycles. The third-order valence-corrected chi connectivity index (χ3v) is 6.01. The van der Waals surface area contributed by atoms with E-state index in [2.05, 4.69) is 5.32 Å². The Morgan fingerprint density at radius 3 is 2.30 bits per heavy atom. The van der Waals surface area contributed by atoms with Gasteiger partial charge in [0, 0.05) is 40.4 Å². The summed E-state index contributed by atoms with van der Waals surface area (Å²) in [5.74, 6) is 0.216. The number of carbonyl (C=O) groups is 1. The number of nitrogens with one attached hydrogen (secondary N) is 1. The molecule has 0 bridgehead atoms. The van der Waals surface area contributed by atoms with Gasteiger partial charge in [0.2, 0.25) is 0 Å². The Balaban J connectivity index is 1.87. The topological polar surface area (TPSA) is 64.7 Å². The summed E-state index contributed by atoms with van der Waals surface area (Å²) in [5.41, 5.74) is 3.07. The van der Waals surface area contributed by atoms with E-state index in [4.69, 9.17) is 44.9 Å². The van der Waals surface area contributed by atoms with Crippen molar-refractivity contribution in [2.24, 2.45) is 0 Å². The molecule has 33 heavy (non-hydrogen) atoms. The number of nitrogens with zero attached hydrogens (tertiary/aromatic N) is 4. The van der Waals surface area contributed by atoms with Gasteiger partial charge in [0.15, 0.2) is 11.5 Å². The Labute approximate surface area is 204 Å². The van der Waals surface area contributed by atoms with Gasteiger partial charge in [-0.3, -0.25) is 4.79 Å². The summed E-state index contributed by atoms with van der Waals surface area (Å²) in [7, 11) is 1.59. The Hall–Kier alpha value is -3.32. The van der Waals surface area contributed by atoms with Crippen LogP contribution in [0.4, 0.5) is 0 Å². The molecule has 3 aromatic heterocycles. The molecule has 0 aliphatic carbocycles. The van der Waals surface area contributed by atoms with Crippen LogP contribution >= 0.6 is 34.8 Å².